The molecule has 0 aromatic carbocycles. The summed E-state index contributed by atoms with van der Waals surface area (Å²) >= 11 is 8.03. The van der Waals surface area contributed by atoms with Gasteiger partial charge in [0.05, 0.1) is 8.47 Å². The fourth-order valence-electron chi connectivity index (χ4n) is 2.31. The summed E-state index contributed by atoms with van der Waals surface area (Å²) in [5.41, 5.74) is 0. The molecular formula is C17H26S4. The molecule has 0 N–H and O–H groups in total. The normalized spacial score (nSPS) is 18.9. The van der Waals surface area contributed by atoms with Gasteiger partial charge < -0.3 is 0 Å². The second kappa shape index (κ2) is 9.69. The predicted octanol–water partition coefficient (Wildman–Crippen LogP) is 8.31. The fourth-order valence-corrected chi connectivity index (χ4v) is 7.73. The standard InChI is InChI=1S/C17H26S4/c1-4-6-8-10-14-15(11-9-7-5-2)21-17(20-14)16-18-12-13(3)19-16/h12H,4-11H2,1-3H3. The molecule has 0 atom stereocenters. The van der Waals surface area contributed by atoms with E-state index in [1.807, 2.05) is 23.5 Å². The van der Waals surface area contributed by atoms with Gasteiger partial charge in [0.15, 0.2) is 0 Å². The molecule has 0 aromatic rings. The van der Waals surface area contributed by atoms with Crippen molar-refractivity contribution in [1.29, 1.82) is 0 Å². The van der Waals surface area contributed by atoms with Gasteiger partial charge in [-0.15, -0.1) is 0 Å². The van der Waals surface area contributed by atoms with E-state index in [0.717, 1.165) is 0 Å². The van der Waals surface area contributed by atoms with Crippen LogP contribution < -0.4 is 0 Å². The average Bonchev–Trinajstić information content (AvgIpc) is 3.06. The van der Waals surface area contributed by atoms with Gasteiger partial charge in [-0.3, -0.25) is 0 Å². The summed E-state index contributed by atoms with van der Waals surface area (Å²) in [7, 11) is 0. The Labute approximate surface area is 147 Å². The van der Waals surface area contributed by atoms with Crippen molar-refractivity contribution in [3.8, 4) is 0 Å². The molecule has 0 spiro atoms. The van der Waals surface area contributed by atoms with E-state index in [4.69, 9.17) is 0 Å². The number of thioether (sulfide) groups is 4. The van der Waals surface area contributed by atoms with Crippen LogP contribution in [0.15, 0.2) is 28.6 Å². The van der Waals surface area contributed by atoms with E-state index in [1.54, 1.807) is 14.0 Å². The van der Waals surface area contributed by atoms with Gasteiger partial charge in [-0.05, 0) is 42.9 Å². The minimum atomic E-state index is 1.30. The molecule has 2 heterocycles. The number of hydrogen-bond acceptors (Lipinski definition) is 4. The first-order chi connectivity index (χ1) is 10.2. The summed E-state index contributed by atoms with van der Waals surface area (Å²) in [5.74, 6) is 0. The Balaban J connectivity index is 1.97. The van der Waals surface area contributed by atoms with Gasteiger partial charge in [-0.2, -0.15) is 0 Å². The maximum absolute atomic E-state index is 2.29. The highest BCUT2D eigenvalue weighted by atomic mass is 32.2. The van der Waals surface area contributed by atoms with Crippen LogP contribution in [0.1, 0.15) is 72.1 Å². The predicted molar refractivity (Wildman–Crippen MR) is 106 cm³/mol. The van der Waals surface area contributed by atoms with Crippen LogP contribution in [0.2, 0.25) is 0 Å². The zero-order valence-corrected chi connectivity index (χ0v) is 16.6. The molecule has 0 amide bonds. The van der Waals surface area contributed by atoms with Crippen molar-refractivity contribution in [2.24, 2.45) is 0 Å². The maximum atomic E-state index is 2.29. The molecule has 21 heavy (non-hydrogen) atoms. The first-order valence-corrected chi connectivity index (χ1v) is 11.4. The topological polar surface area (TPSA) is 0 Å². The molecule has 0 radical (unpaired) electrons. The number of allylic oxidation sites excluding steroid dienone is 3. The Morgan fingerprint density at radius 3 is 1.76 bits per heavy atom. The van der Waals surface area contributed by atoms with Crippen molar-refractivity contribution in [1.82, 2.24) is 0 Å². The van der Waals surface area contributed by atoms with Gasteiger partial charge >= 0.3 is 0 Å². The van der Waals surface area contributed by atoms with Crippen LogP contribution in [-0.4, -0.2) is 0 Å². The summed E-state index contributed by atoms with van der Waals surface area (Å²) in [6.45, 7) is 6.80. The molecule has 2 aliphatic rings. The van der Waals surface area contributed by atoms with Crippen LogP contribution in [0.25, 0.3) is 0 Å². The van der Waals surface area contributed by atoms with Crippen molar-refractivity contribution in [2.45, 2.75) is 72.1 Å². The molecule has 0 nitrogen and oxygen atoms in total. The van der Waals surface area contributed by atoms with Crippen LogP contribution in [0, 0.1) is 0 Å². The molecule has 2 aliphatic heterocycles. The van der Waals surface area contributed by atoms with E-state index >= 15 is 0 Å². The van der Waals surface area contributed by atoms with Crippen LogP contribution in [0.3, 0.4) is 0 Å². The Hall–Kier alpha value is 0.620. The van der Waals surface area contributed by atoms with Gasteiger partial charge in [-0.25, -0.2) is 0 Å². The molecule has 0 saturated heterocycles. The Bertz CT molecular complexity index is 422. The van der Waals surface area contributed by atoms with Crippen molar-refractivity contribution in [3.63, 3.8) is 0 Å². The molecule has 0 aromatic heterocycles. The summed E-state index contributed by atoms with van der Waals surface area (Å²) < 4.78 is 3.07. The van der Waals surface area contributed by atoms with E-state index in [2.05, 4.69) is 49.7 Å². The van der Waals surface area contributed by atoms with E-state index in [0.29, 0.717) is 0 Å². The largest absolute Gasteiger partial charge is 0.0881 e. The van der Waals surface area contributed by atoms with Crippen LogP contribution in [0.4, 0.5) is 0 Å². The maximum Gasteiger partial charge on any atom is 0.0699 e. The fraction of sp³-hybridized carbons (Fsp3) is 0.647. The molecule has 2 rings (SSSR count). The molecule has 0 bridgehead atoms. The quantitative estimate of drug-likeness (QED) is 0.400. The lowest BCUT2D eigenvalue weighted by atomic mass is 10.1. The highest BCUT2D eigenvalue weighted by Gasteiger charge is 2.25. The molecular weight excluding hydrogens is 332 g/mol. The van der Waals surface area contributed by atoms with E-state index in [9.17, 15) is 0 Å². The van der Waals surface area contributed by atoms with E-state index < -0.39 is 0 Å². The van der Waals surface area contributed by atoms with Gasteiger partial charge in [0.25, 0.3) is 0 Å². The number of unbranched alkanes of at least 4 members (excludes halogenated alkanes) is 4. The summed E-state index contributed by atoms with van der Waals surface area (Å²) in [4.78, 5) is 4.80. The zero-order valence-electron chi connectivity index (χ0n) is 13.4. The van der Waals surface area contributed by atoms with Crippen molar-refractivity contribution in [2.75, 3.05) is 0 Å². The second-order valence-corrected chi connectivity index (χ2v) is 10.4. The minimum Gasteiger partial charge on any atom is -0.0881 e. The van der Waals surface area contributed by atoms with E-state index in [1.165, 1.54) is 60.5 Å². The molecule has 0 fully saturated rings. The van der Waals surface area contributed by atoms with Crippen LogP contribution >= 0.6 is 47.0 Å². The van der Waals surface area contributed by atoms with Crippen LogP contribution in [-0.2, 0) is 0 Å². The molecule has 0 aliphatic carbocycles. The molecule has 118 valence electrons. The summed E-state index contributed by atoms with van der Waals surface area (Å²) in [5, 5.41) is 2.29. The van der Waals surface area contributed by atoms with Gasteiger partial charge in [0, 0.05) is 9.81 Å². The highest BCUT2D eigenvalue weighted by Crippen LogP contribution is 2.59. The van der Waals surface area contributed by atoms with Crippen molar-refractivity contribution < 1.29 is 0 Å². The van der Waals surface area contributed by atoms with Crippen molar-refractivity contribution >= 4 is 47.0 Å². The van der Waals surface area contributed by atoms with Gasteiger partial charge in [0.2, 0.25) is 0 Å². The third-order valence-electron chi connectivity index (χ3n) is 3.51. The second-order valence-electron chi connectivity index (χ2n) is 5.49. The average molecular weight is 359 g/mol. The molecule has 4 heteroatoms. The first kappa shape index (κ1) is 18.0. The first-order valence-electron chi connectivity index (χ1n) is 8.07. The molecule has 0 saturated carbocycles. The number of rotatable bonds is 8. The lowest BCUT2D eigenvalue weighted by molar-refractivity contribution is 0.710. The van der Waals surface area contributed by atoms with E-state index in [-0.39, 0.29) is 0 Å². The Kier molecular flexibility index (Phi) is 8.29. The highest BCUT2D eigenvalue weighted by molar-refractivity contribution is 8.33. The third-order valence-corrected chi connectivity index (χ3v) is 9.24. The SMILES string of the molecule is CCCCCC1=C(CCCCC)SC(=C2SC=C(C)S2)S1. The third kappa shape index (κ3) is 5.63. The summed E-state index contributed by atoms with van der Waals surface area (Å²) in [6, 6.07) is 0. The smallest absolute Gasteiger partial charge is 0.0699 e. The minimum absolute atomic E-state index is 1.30. The lowest BCUT2D eigenvalue weighted by Gasteiger charge is -2.04. The van der Waals surface area contributed by atoms with Gasteiger partial charge in [0.1, 0.15) is 0 Å². The number of hydrogen-bond donors (Lipinski definition) is 0. The zero-order chi connectivity index (χ0) is 15.1. The van der Waals surface area contributed by atoms with Gasteiger partial charge in [-0.1, -0.05) is 86.6 Å². The Morgan fingerprint density at radius 1 is 0.762 bits per heavy atom. The lowest BCUT2D eigenvalue weighted by Crippen LogP contribution is -1.83. The summed E-state index contributed by atoms with van der Waals surface area (Å²) in [6.07, 6.45) is 10.7. The van der Waals surface area contributed by atoms with Crippen LogP contribution in [0.5, 0.6) is 0 Å². The van der Waals surface area contributed by atoms with Crippen molar-refractivity contribution in [3.05, 3.63) is 28.6 Å². The monoisotopic (exact) mass is 358 g/mol. The Morgan fingerprint density at radius 2 is 1.33 bits per heavy atom. The molecule has 0 unspecified atom stereocenters.